The van der Waals surface area contributed by atoms with E-state index in [0.717, 1.165) is 42.8 Å². The smallest absolute Gasteiger partial charge is 0.287 e. The number of amides is 2. The Morgan fingerprint density at radius 1 is 1.14 bits per heavy atom. The van der Waals surface area contributed by atoms with Crippen molar-refractivity contribution in [3.63, 3.8) is 0 Å². The molecule has 1 aliphatic rings. The molecule has 1 aromatic heterocycles. The molecule has 0 aliphatic carbocycles. The Bertz CT molecular complexity index is 856. The first kappa shape index (κ1) is 20.9. The number of nitrogens with zero attached hydrogens (tertiary/aromatic N) is 2. The topological polar surface area (TPSA) is 85.2 Å². The number of hydrogen-bond donors (Lipinski definition) is 2. The molecule has 2 amide bonds. The predicted molar refractivity (Wildman–Crippen MR) is 111 cm³/mol. The van der Waals surface area contributed by atoms with Crippen LogP contribution < -0.4 is 15.4 Å². The van der Waals surface area contributed by atoms with Crippen molar-refractivity contribution in [3.8, 4) is 5.75 Å². The molecule has 0 unspecified atom stereocenters. The van der Waals surface area contributed by atoms with Crippen LogP contribution in [0.1, 0.15) is 59.1 Å². The van der Waals surface area contributed by atoms with E-state index in [1.165, 1.54) is 0 Å². The summed E-state index contributed by atoms with van der Waals surface area (Å²) < 4.78 is 7.08. The minimum atomic E-state index is -0.216. The van der Waals surface area contributed by atoms with E-state index in [0.29, 0.717) is 36.9 Å². The Hall–Kier alpha value is -2.83. The Kier molecular flexibility index (Phi) is 6.90. The highest BCUT2D eigenvalue weighted by Gasteiger charge is 2.27. The standard InChI is InChI=1S/C22H30N4O3/c1-15(2)14-24-22(28)20-25-19(18-6-4-5-13-26(18)20)21(27)23-12-11-16-7-9-17(29-3)10-8-16/h7-10,15H,4-6,11-14H2,1-3H3,(H,23,27)(H,24,28). The lowest BCUT2D eigenvalue weighted by Crippen LogP contribution is -2.30. The highest BCUT2D eigenvalue weighted by atomic mass is 16.5. The normalized spacial score (nSPS) is 13.1. The molecule has 0 saturated carbocycles. The molecule has 0 fully saturated rings. The van der Waals surface area contributed by atoms with Gasteiger partial charge in [0, 0.05) is 19.6 Å². The van der Waals surface area contributed by atoms with Crippen molar-refractivity contribution >= 4 is 11.8 Å². The summed E-state index contributed by atoms with van der Waals surface area (Å²) in [6.45, 7) is 5.91. The van der Waals surface area contributed by atoms with Crippen LogP contribution in [0.15, 0.2) is 24.3 Å². The maximum Gasteiger partial charge on any atom is 0.287 e. The van der Waals surface area contributed by atoms with Gasteiger partial charge in [-0.05, 0) is 49.3 Å². The minimum absolute atomic E-state index is 0.209. The molecular weight excluding hydrogens is 368 g/mol. The largest absolute Gasteiger partial charge is 0.497 e. The van der Waals surface area contributed by atoms with Crippen molar-refractivity contribution in [3.05, 3.63) is 47.0 Å². The molecule has 2 N–H and O–H groups in total. The van der Waals surface area contributed by atoms with Crippen molar-refractivity contribution in [1.82, 2.24) is 20.2 Å². The molecule has 0 saturated heterocycles. The van der Waals surface area contributed by atoms with Gasteiger partial charge >= 0.3 is 0 Å². The molecule has 0 radical (unpaired) electrons. The molecule has 3 rings (SSSR count). The van der Waals surface area contributed by atoms with Gasteiger partial charge in [-0.15, -0.1) is 0 Å². The molecule has 0 bridgehead atoms. The second-order valence-electron chi connectivity index (χ2n) is 7.80. The monoisotopic (exact) mass is 398 g/mol. The van der Waals surface area contributed by atoms with Crippen LogP contribution in [0.2, 0.25) is 0 Å². The molecule has 2 heterocycles. The Morgan fingerprint density at radius 2 is 1.90 bits per heavy atom. The van der Waals surface area contributed by atoms with Crippen molar-refractivity contribution in [2.24, 2.45) is 5.92 Å². The highest BCUT2D eigenvalue weighted by Crippen LogP contribution is 2.21. The molecule has 156 valence electrons. The van der Waals surface area contributed by atoms with Crippen LogP contribution >= 0.6 is 0 Å². The van der Waals surface area contributed by atoms with Gasteiger partial charge in [0.1, 0.15) is 11.4 Å². The first-order chi connectivity index (χ1) is 14.0. The third-order valence-corrected chi connectivity index (χ3v) is 5.07. The highest BCUT2D eigenvalue weighted by molar-refractivity contribution is 5.97. The average molecular weight is 399 g/mol. The third-order valence-electron chi connectivity index (χ3n) is 5.07. The number of nitrogens with one attached hydrogen (secondary N) is 2. The summed E-state index contributed by atoms with van der Waals surface area (Å²) in [4.78, 5) is 29.8. The van der Waals surface area contributed by atoms with E-state index in [4.69, 9.17) is 4.74 Å². The van der Waals surface area contributed by atoms with Crippen molar-refractivity contribution < 1.29 is 14.3 Å². The van der Waals surface area contributed by atoms with E-state index in [2.05, 4.69) is 15.6 Å². The van der Waals surface area contributed by atoms with Gasteiger partial charge in [0.2, 0.25) is 0 Å². The second-order valence-corrected chi connectivity index (χ2v) is 7.80. The summed E-state index contributed by atoms with van der Waals surface area (Å²) in [5, 5.41) is 5.86. The number of benzene rings is 1. The van der Waals surface area contributed by atoms with Crippen LogP contribution in [-0.2, 0) is 19.4 Å². The summed E-state index contributed by atoms with van der Waals surface area (Å²) in [6.07, 6.45) is 3.48. The first-order valence-electron chi connectivity index (χ1n) is 10.3. The number of aromatic nitrogens is 2. The molecule has 1 aromatic carbocycles. The van der Waals surface area contributed by atoms with Gasteiger partial charge < -0.3 is 19.9 Å². The third kappa shape index (κ3) is 5.16. The lowest BCUT2D eigenvalue weighted by Gasteiger charge is -2.17. The van der Waals surface area contributed by atoms with E-state index in [1.54, 1.807) is 7.11 Å². The van der Waals surface area contributed by atoms with Crippen molar-refractivity contribution in [2.45, 2.75) is 46.1 Å². The van der Waals surface area contributed by atoms with Crippen molar-refractivity contribution in [1.29, 1.82) is 0 Å². The molecule has 0 atom stereocenters. The predicted octanol–water partition coefficient (Wildman–Crippen LogP) is 2.59. The zero-order chi connectivity index (χ0) is 20.8. The Balaban J connectivity index is 1.66. The SMILES string of the molecule is COc1ccc(CCNC(=O)c2nc(C(=O)NCC(C)C)n3c2CCCC3)cc1. The number of fused-ring (bicyclic) bond motifs is 1. The molecule has 7 heteroatoms. The van der Waals surface area contributed by atoms with Gasteiger partial charge in [0.25, 0.3) is 11.8 Å². The van der Waals surface area contributed by atoms with Gasteiger partial charge in [-0.25, -0.2) is 4.98 Å². The van der Waals surface area contributed by atoms with Gasteiger partial charge in [0.05, 0.1) is 12.8 Å². The van der Waals surface area contributed by atoms with Gasteiger partial charge in [-0.2, -0.15) is 0 Å². The molecule has 29 heavy (non-hydrogen) atoms. The van der Waals surface area contributed by atoms with Gasteiger partial charge in [0.15, 0.2) is 5.82 Å². The minimum Gasteiger partial charge on any atom is -0.497 e. The molecule has 0 spiro atoms. The summed E-state index contributed by atoms with van der Waals surface area (Å²) in [5.74, 6) is 1.09. The van der Waals surface area contributed by atoms with Crippen LogP contribution in [0.5, 0.6) is 5.75 Å². The molecule has 7 nitrogen and oxygen atoms in total. The average Bonchev–Trinajstić information content (AvgIpc) is 3.12. The zero-order valence-corrected chi connectivity index (χ0v) is 17.5. The van der Waals surface area contributed by atoms with E-state index < -0.39 is 0 Å². The number of rotatable bonds is 8. The number of carbonyl (C=O) groups is 2. The Labute approximate surface area is 171 Å². The number of methoxy groups -OCH3 is 1. The molecule has 1 aliphatic heterocycles. The van der Waals surface area contributed by atoms with Crippen LogP contribution in [0.3, 0.4) is 0 Å². The van der Waals surface area contributed by atoms with E-state index >= 15 is 0 Å². The van der Waals surface area contributed by atoms with Crippen LogP contribution in [0.25, 0.3) is 0 Å². The quantitative estimate of drug-likeness (QED) is 0.716. The van der Waals surface area contributed by atoms with E-state index in [-0.39, 0.29) is 11.8 Å². The molecule has 2 aromatic rings. The van der Waals surface area contributed by atoms with Crippen LogP contribution in [0, 0.1) is 5.92 Å². The Morgan fingerprint density at radius 3 is 2.59 bits per heavy atom. The van der Waals surface area contributed by atoms with E-state index in [1.807, 2.05) is 42.7 Å². The number of hydrogen-bond acceptors (Lipinski definition) is 4. The van der Waals surface area contributed by atoms with Crippen molar-refractivity contribution in [2.75, 3.05) is 20.2 Å². The lowest BCUT2D eigenvalue weighted by molar-refractivity contribution is 0.0933. The van der Waals surface area contributed by atoms with Crippen LogP contribution in [-0.4, -0.2) is 41.6 Å². The summed E-state index contributed by atoms with van der Waals surface area (Å²) in [5.41, 5.74) is 2.37. The van der Waals surface area contributed by atoms with Crippen LogP contribution in [0.4, 0.5) is 0 Å². The summed E-state index contributed by atoms with van der Waals surface area (Å²) >= 11 is 0. The zero-order valence-electron chi connectivity index (χ0n) is 17.5. The lowest BCUT2D eigenvalue weighted by atomic mass is 10.1. The first-order valence-corrected chi connectivity index (χ1v) is 10.3. The van der Waals surface area contributed by atoms with Gasteiger partial charge in [-0.1, -0.05) is 26.0 Å². The fourth-order valence-corrected chi connectivity index (χ4v) is 3.47. The number of imidazole rings is 1. The fraction of sp³-hybridized carbons (Fsp3) is 0.500. The summed E-state index contributed by atoms with van der Waals surface area (Å²) in [7, 11) is 1.64. The number of carbonyl (C=O) groups excluding carboxylic acids is 2. The fourth-order valence-electron chi connectivity index (χ4n) is 3.47. The summed E-state index contributed by atoms with van der Waals surface area (Å²) in [6, 6.07) is 7.79. The van der Waals surface area contributed by atoms with E-state index in [9.17, 15) is 9.59 Å². The second kappa shape index (κ2) is 9.58. The maximum atomic E-state index is 12.8. The maximum absolute atomic E-state index is 12.8. The molecular formula is C22H30N4O3. The van der Waals surface area contributed by atoms with Gasteiger partial charge in [-0.3, -0.25) is 9.59 Å². The number of ether oxygens (including phenoxy) is 1.